The number of halogens is 2. The molecule has 128 valence electrons. The van der Waals surface area contributed by atoms with Gasteiger partial charge in [-0.15, -0.1) is 0 Å². The lowest BCUT2D eigenvalue weighted by atomic mass is 10.1. The van der Waals surface area contributed by atoms with Gasteiger partial charge in [0.15, 0.2) is 0 Å². The van der Waals surface area contributed by atoms with Crippen LogP contribution < -0.4 is 4.74 Å². The summed E-state index contributed by atoms with van der Waals surface area (Å²) in [4.78, 5) is 22.0. The highest BCUT2D eigenvalue weighted by molar-refractivity contribution is 5.94. The second-order valence-electron chi connectivity index (χ2n) is 5.73. The highest BCUT2D eigenvalue weighted by atomic mass is 19.1. The smallest absolute Gasteiger partial charge is 0.259 e. The second-order valence-corrected chi connectivity index (χ2v) is 5.73. The lowest BCUT2D eigenvalue weighted by Crippen LogP contribution is -2.28. The van der Waals surface area contributed by atoms with Crippen LogP contribution in [-0.2, 0) is 6.54 Å². The van der Waals surface area contributed by atoms with E-state index >= 15 is 0 Å². The lowest BCUT2D eigenvalue weighted by molar-refractivity contribution is 0.0775. The van der Waals surface area contributed by atoms with Crippen molar-refractivity contribution < 1.29 is 18.3 Å². The molecule has 0 aliphatic rings. The van der Waals surface area contributed by atoms with E-state index in [0.717, 1.165) is 12.1 Å². The number of nitrogens with zero attached hydrogens (tertiary/aromatic N) is 3. The van der Waals surface area contributed by atoms with Gasteiger partial charge in [0, 0.05) is 49.6 Å². The van der Waals surface area contributed by atoms with Crippen LogP contribution in [-0.4, -0.2) is 34.9 Å². The van der Waals surface area contributed by atoms with Crippen molar-refractivity contribution in [1.82, 2.24) is 14.9 Å². The standard InChI is InChI=1S/C17H19F2N3O2/c1-10(2)16-20-7-11(8-21-16)9-22(3)17(23)15-13(18)5-12(24-4)6-14(15)19/h5-8,10H,9H2,1-4H3. The van der Waals surface area contributed by atoms with Crippen LogP contribution in [0, 0.1) is 11.6 Å². The Morgan fingerprint density at radius 1 is 1.21 bits per heavy atom. The fraction of sp³-hybridized carbons (Fsp3) is 0.353. The molecule has 1 heterocycles. The number of carbonyl (C=O) groups excluding carboxylic acids is 1. The third-order valence-electron chi connectivity index (χ3n) is 3.47. The normalized spacial score (nSPS) is 10.8. The summed E-state index contributed by atoms with van der Waals surface area (Å²) in [6.45, 7) is 4.09. The highest BCUT2D eigenvalue weighted by Gasteiger charge is 2.22. The zero-order valence-electron chi connectivity index (χ0n) is 14.0. The third kappa shape index (κ3) is 3.84. The predicted molar refractivity (Wildman–Crippen MR) is 84.8 cm³/mol. The number of aromatic nitrogens is 2. The van der Waals surface area contributed by atoms with Crippen molar-refractivity contribution in [3.63, 3.8) is 0 Å². The van der Waals surface area contributed by atoms with E-state index in [-0.39, 0.29) is 18.2 Å². The van der Waals surface area contributed by atoms with Gasteiger partial charge in [-0.1, -0.05) is 13.8 Å². The van der Waals surface area contributed by atoms with Gasteiger partial charge in [-0.05, 0) is 0 Å². The third-order valence-corrected chi connectivity index (χ3v) is 3.47. The van der Waals surface area contributed by atoms with Crippen LogP contribution in [0.5, 0.6) is 5.75 Å². The Labute approximate surface area is 139 Å². The van der Waals surface area contributed by atoms with Gasteiger partial charge in [0.2, 0.25) is 0 Å². The molecule has 24 heavy (non-hydrogen) atoms. The van der Waals surface area contributed by atoms with Crippen molar-refractivity contribution in [3.05, 3.63) is 53.1 Å². The molecule has 2 aromatic rings. The number of methoxy groups -OCH3 is 1. The molecule has 0 saturated heterocycles. The number of rotatable bonds is 5. The van der Waals surface area contributed by atoms with Crippen molar-refractivity contribution in [3.8, 4) is 5.75 Å². The Balaban J connectivity index is 2.18. The minimum Gasteiger partial charge on any atom is -0.497 e. The summed E-state index contributed by atoms with van der Waals surface area (Å²) >= 11 is 0. The summed E-state index contributed by atoms with van der Waals surface area (Å²) in [5.41, 5.74) is 0.0580. The quantitative estimate of drug-likeness (QED) is 0.842. The van der Waals surface area contributed by atoms with E-state index in [1.54, 1.807) is 12.4 Å². The Kier molecular flexibility index (Phi) is 5.43. The fourth-order valence-electron chi connectivity index (χ4n) is 2.15. The van der Waals surface area contributed by atoms with Gasteiger partial charge >= 0.3 is 0 Å². The van der Waals surface area contributed by atoms with E-state index in [1.807, 2.05) is 13.8 Å². The molecule has 0 fully saturated rings. The topological polar surface area (TPSA) is 55.3 Å². The summed E-state index contributed by atoms with van der Waals surface area (Å²) in [6.07, 6.45) is 3.21. The van der Waals surface area contributed by atoms with Crippen molar-refractivity contribution in [2.45, 2.75) is 26.3 Å². The number of ether oxygens (including phenoxy) is 1. The van der Waals surface area contributed by atoms with E-state index in [0.29, 0.717) is 11.4 Å². The highest BCUT2D eigenvalue weighted by Crippen LogP contribution is 2.22. The van der Waals surface area contributed by atoms with E-state index in [4.69, 9.17) is 4.74 Å². The minimum absolute atomic E-state index is 0.0156. The molecule has 1 aromatic heterocycles. The van der Waals surface area contributed by atoms with Gasteiger partial charge in [0.1, 0.15) is 28.8 Å². The molecule has 0 radical (unpaired) electrons. The zero-order valence-corrected chi connectivity index (χ0v) is 14.0. The largest absolute Gasteiger partial charge is 0.497 e. The van der Waals surface area contributed by atoms with Gasteiger partial charge in [-0.3, -0.25) is 4.79 Å². The van der Waals surface area contributed by atoms with Crippen molar-refractivity contribution in [2.75, 3.05) is 14.2 Å². The molecule has 0 aliphatic heterocycles. The molecule has 0 saturated carbocycles. The Hall–Kier alpha value is -2.57. The predicted octanol–water partition coefficient (Wildman–Crippen LogP) is 3.16. The van der Waals surface area contributed by atoms with Crippen molar-refractivity contribution in [2.24, 2.45) is 0 Å². The first-order valence-electron chi connectivity index (χ1n) is 7.42. The Morgan fingerprint density at radius 3 is 2.21 bits per heavy atom. The SMILES string of the molecule is COc1cc(F)c(C(=O)N(C)Cc2cnc(C(C)C)nc2)c(F)c1. The zero-order chi connectivity index (χ0) is 17.9. The van der Waals surface area contributed by atoms with E-state index in [9.17, 15) is 13.6 Å². The molecule has 5 nitrogen and oxygen atoms in total. The van der Waals surface area contributed by atoms with Crippen molar-refractivity contribution in [1.29, 1.82) is 0 Å². The molecule has 0 bridgehead atoms. The van der Waals surface area contributed by atoms with Crippen LogP contribution in [0.1, 0.15) is 41.5 Å². The monoisotopic (exact) mass is 335 g/mol. The summed E-state index contributed by atoms with van der Waals surface area (Å²) in [5, 5.41) is 0. The molecule has 0 aliphatic carbocycles. The molecule has 0 N–H and O–H groups in total. The van der Waals surface area contributed by atoms with E-state index in [2.05, 4.69) is 9.97 Å². The van der Waals surface area contributed by atoms with Gasteiger partial charge < -0.3 is 9.64 Å². The van der Waals surface area contributed by atoms with Crippen LogP contribution >= 0.6 is 0 Å². The molecular weight excluding hydrogens is 316 g/mol. The molecule has 1 aromatic carbocycles. The average molecular weight is 335 g/mol. The maximum atomic E-state index is 14.0. The molecule has 0 atom stereocenters. The van der Waals surface area contributed by atoms with Gasteiger partial charge in [-0.25, -0.2) is 18.7 Å². The van der Waals surface area contributed by atoms with Crippen LogP contribution in [0.25, 0.3) is 0 Å². The lowest BCUT2D eigenvalue weighted by Gasteiger charge is -2.18. The molecule has 0 unspecified atom stereocenters. The summed E-state index contributed by atoms with van der Waals surface area (Å²) < 4.78 is 32.8. The van der Waals surface area contributed by atoms with E-state index in [1.165, 1.54) is 19.1 Å². The van der Waals surface area contributed by atoms with Crippen LogP contribution in [0.2, 0.25) is 0 Å². The van der Waals surface area contributed by atoms with Crippen LogP contribution in [0.4, 0.5) is 8.78 Å². The molecule has 2 rings (SSSR count). The Morgan fingerprint density at radius 2 is 1.75 bits per heavy atom. The maximum Gasteiger partial charge on any atom is 0.259 e. The number of hydrogen-bond donors (Lipinski definition) is 0. The molecular formula is C17H19F2N3O2. The van der Waals surface area contributed by atoms with Crippen LogP contribution in [0.15, 0.2) is 24.5 Å². The summed E-state index contributed by atoms with van der Waals surface area (Å²) in [6, 6.07) is 1.95. The van der Waals surface area contributed by atoms with Gasteiger partial charge in [-0.2, -0.15) is 0 Å². The second kappa shape index (κ2) is 7.33. The van der Waals surface area contributed by atoms with Gasteiger partial charge in [0.25, 0.3) is 5.91 Å². The van der Waals surface area contributed by atoms with Crippen molar-refractivity contribution >= 4 is 5.91 Å². The first-order valence-corrected chi connectivity index (χ1v) is 7.42. The first kappa shape index (κ1) is 17.8. The van der Waals surface area contributed by atoms with E-state index < -0.39 is 23.1 Å². The minimum atomic E-state index is -0.963. The number of carbonyl (C=O) groups is 1. The molecule has 0 spiro atoms. The van der Waals surface area contributed by atoms with Crippen LogP contribution in [0.3, 0.4) is 0 Å². The number of benzene rings is 1. The van der Waals surface area contributed by atoms with Gasteiger partial charge in [0.05, 0.1) is 7.11 Å². The average Bonchev–Trinajstić information content (AvgIpc) is 2.54. The number of hydrogen-bond acceptors (Lipinski definition) is 4. The summed E-state index contributed by atoms with van der Waals surface area (Å²) in [7, 11) is 2.75. The Bertz CT molecular complexity index is 710. The fourth-order valence-corrected chi connectivity index (χ4v) is 2.15. The molecule has 1 amide bonds. The first-order chi connectivity index (χ1) is 11.3. The maximum absolute atomic E-state index is 14.0. The number of amides is 1. The summed E-state index contributed by atoms with van der Waals surface area (Å²) in [5.74, 6) is -1.78. The molecule has 7 heteroatoms.